The molecule has 0 amide bonds. The molecule has 96 valence electrons. The zero-order chi connectivity index (χ0) is 13.7. The van der Waals surface area contributed by atoms with Gasteiger partial charge < -0.3 is 9.47 Å². The molecular weight excluding hydrogens is 353 g/mol. The number of nitrogens with zero attached hydrogens (tertiary/aromatic N) is 1. The Labute approximate surface area is 125 Å². The topological polar surface area (TPSA) is 42.2 Å². The minimum atomic E-state index is 0.429. The number of ether oxygens (including phenoxy) is 2. The molecule has 0 unspecified atom stereocenters. The van der Waals surface area contributed by atoms with Gasteiger partial charge in [0.1, 0.15) is 24.2 Å². The summed E-state index contributed by atoms with van der Waals surface area (Å²) in [5, 5.41) is 9.03. The van der Waals surface area contributed by atoms with Gasteiger partial charge in [-0.25, -0.2) is 0 Å². The predicted octanol–water partition coefficient (Wildman–Crippen LogP) is 3.75. The van der Waals surface area contributed by atoms with Crippen molar-refractivity contribution >= 4 is 22.6 Å². The predicted molar refractivity (Wildman–Crippen MR) is 81.2 cm³/mol. The normalized spacial score (nSPS) is 9.74. The molecule has 0 aliphatic carbocycles. The van der Waals surface area contributed by atoms with Gasteiger partial charge in [0.25, 0.3) is 0 Å². The van der Waals surface area contributed by atoms with Crippen LogP contribution in [0.4, 0.5) is 0 Å². The summed E-state index contributed by atoms with van der Waals surface area (Å²) in [5.74, 6) is 1.43. The zero-order valence-electron chi connectivity index (χ0n) is 10.4. The van der Waals surface area contributed by atoms with Gasteiger partial charge in [-0.1, -0.05) is 18.2 Å². The van der Waals surface area contributed by atoms with Crippen molar-refractivity contribution in [2.45, 2.75) is 6.61 Å². The highest BCUT2D eigenvalue weighted by molar-refractivity contribution is 14.1. The van der Waals surface area contributed by atoms with Crippen LogP contribution in [-0.2, 0) is 6.61 Å². The van der Waals surface area contributed by atoms with Crippen LogP contribution in [0.3, 0.4) is 0 Å². The van der Waals surface area contributed by atoms with Crippen LogP contribution in [-0.4, -0.2) is 7.11 Å². The Morgan fingerprint density at radius 1 is 1.16 bits per heavy atom. The first-order valence-electron chi connectivity index (χ1n) is 5.69. The summed E-state index contributed by atoms with van der Waals surface area (Å²) in [7, 11) is 1.55. The van der Waals surface area contributed by atoms with Gasteiger partial charge in [-0.05, 0) is 52.4 Å². The van der Waals surface area contributed by atoms with E-state index in [4.69, 9.17) is 14.7 Å². The lowest BCUT2D eigenvalue weighted by atomic mass is 10.1. The molecule has 0 bridgehead atoms. The van der Waals surface area contributed by atoms with Gasteiger partial charge in [-0.2, -0.15) is 5.26 Å². The number of methoxy groups -OCH3 is 1. The first kappa shape index (κ1) is 13.7. The molecule has 4 heteroatoms. The molecule has 0 saturated heterocycles. The van der Waals surface area contributed by atoms with Gasteiger partial charge in [0.05, 0.1) is 16.2 Å². The first-order valence-corrected chi connectivity index (χ1v) is 6.77. The molecular formula is C15H12INO2. The standard InChI is InChI=1S/C15H12INO2/c1-18-14-7-6-11(8-12(14)9-17)10-19-15-5-3-2-4-13(15)16/h2-8H,10H2,1H3. The fraction of sp³-hybridized carbons (Fsp3) is 0.133. The monoisotopic (exact) mass is 365 g/mol. The van der Waals surface area contributed by atoms with E-state index < -0.39 is 0 Å². The van der Waals surface area contributed by atoms with Gasteiger partial charge in [0.2, 0.25) is 0 Å². The summed E-state index contributed by atoms with van der Waals surface area (Å²) in [6, 6.07) is 15.4. The van der Waals surface area contributed by atoms with E-state index in [0.29, 0.717) is 17.9 Å². The summed E-state index contributed by atoms with van der Waals surface area (Å²) < 4.78 is 11.9. The second-order valence-electron chi connectivity index (χ2n) is 3.87. The van der Waals surface area contributed by atoms with Gasteiger partial charge in [-0.3, -0.25) is 0 Å². The lowest BCUT2D eigenvalue weighted by molar-refractivity contribution is 0.303. The highest BCUT2D eigenvalue weighted by Gasteiger charge is 2.05. The molecule has 0 atom stereocenters. The number of para-hydroxylation sites is 1. The van der Waals surface area contributed by atoms with E-state index >= 15 is 0 Å². The van der Waals surface area contributed by atoms with Crippen LogP contribution in [0.25, 0.3) is 0 Å². The lowest BCUT2D eigenvalue weighted by Gasteiger charge is -2.09. The number of hydrogen-bond donors (Lipinski definition) is 0. The lowest BCUT2D eigenvalue weighted by Crippen LogP contribution is -1.98. The second-order valence-corrected chi connectivity index (χ2v) is 5.03. The Morgan fingerprint density at radius 2 is 1.95 bits per heavy atom. The van der Waals surface area contributed by atoms with Crippen molar-refractivity contribution in [1.82, 2.24) is 0 Å². The minimum Gasteiger partial charge on any atom is -0.495 e. The Balaban J connectivity index is 2.13. The zero-order valence-corrected chi connectivity index (χ0v) is 12.5. The van der Waals surface area contributed by atoms with Crippen molar-refractivity contribution in [1.29, 1.82) is 5.26 Å². The quantitative estimate of drug-likeness (QED) is 0.775. The van der Waals surface area contributed by atoms with Crippen LogP contribution < -0.4 is 9.47 Å². The number of benzene rings is 2. The molecule has 0 fully saturated rings. The highest BCUT2D eigenvalue weighted by atomic mass is 127. The van der Waals surface area contributed by atoms with Crippen molar-refractivity contribution in [3.8, 4) is 17.6 Å². The molecule has 2 rings (SSSR count). The Morgan fingerprint density at radius 3 is 2.63 bits per heavy atom. The third kappa shape index (κ3) is 3.38. The van der Waals surface area contributed by atoms with Crippen LogP contribution >= 0.6 is 22.6 Å². The fourth-order valence-corrected chi connectivity index (χ4v) is 2.20. The first-order chi connectivity index (χ1) is 9.24. The molecule has 0 radical (unpaired) electrons. The molecule has 0 spiro atoms. The Kier molecular flexibility index (Phi) is 4.63. The summed E-state index contributed by atoms with van der Waals surface area (Å²) in [4.78, 5) is 0. The van der Waals surface area contributed by atoms with E-state index in [1.165, 1.54) is 0 Å². The third-order valence-corrected chi connectivity index (χ3v) is 3.51. The maximum atomic E-state index is 9.03. The molecule has 0 aliphatic rings. The Hall–Kier alpha value is -1.74. The molecule has 0 saturated carbocycles. The van der Waals surface area contributed by atoms with Gasteiger partial charge >= 0.3 is 0 Å². The van der Waals surface area contributed by atoms with Gasteiger partial charge in [0.15, 0.2) is 0 Å². The highest BCUT2D eigenvalue weighted by Crippen LogP contribution is 2.23. The van der Waals surface area contributed by atoms with Crippen molar-refractivity contribution < 1.29 is 9.47 Å². The molecule has 0 heterocycles. The molecule has 3 nitrogen and oxygen atoms in total. The smallest absolute Gasteiger partial charge is 0.136 e. The minimum absolute atomic E-state index is 0.429. The average Bonchev–Trinajstić information content (AvgIpc) is 2.46. The van der Waals surface area contributed by atoms with Crippen molar-refractivity contribution in [3.63, 3.8) is 0 Å². The van der Waals surface area contributed by atoms with E-state index in [1.807, 2.05) is 30.3 Å². The molecule has 2 aromatic rings. The van der Waals surface area contributed by atoms with Crippen LogP contribution in [0.5, 0.6) is 11.5 Å². The van der Waals surface area contributed by atoms with Crippen LogP contribution in [0, 0.1) is 14.9 Å². The number of hydrogen-bond acceptors (Lipinski definition) is 3. The van der Waals surface area contributed by atoms with Crippen LogP contribution in [0.1, 0.15) is 11.1 Å². The second kappa shape index (κ2) is 6.43. The molecule has 0 N–H and O–H groups in total. The number of nitriles is 1. The molecule has 0 aliphatic heterocycles. The molecule has 19 heavy (non-hydrogen) atoms. The fourth-order valence-electron chi connectivity index (χ4n) is 1.66. The largest absolute Gasteiger partial charge is 0.495 e. The average molecular weight is 365 g/mol. The van der Waals surface area contributed by atoms with E-state index in [-0.39, 0.29) is 0 Å². The maximum Gasteiger partial charge on any atom is 0.136 e. The third-order valence-electron chi connectivity index (χ3n) is 2.62. The van der Waals surface area contributed by atoms with Gasteiger partial charge in [-0.15, -0.1) is 0 Å². The van der Waals surface area contributed by atoms with Crippen LogP contribution in [0.2, 0.25) is 0 Å². The molecule has 2 aromatic carbocycles. The van der Waals surface area contributed by atoms with Gasteiger partial charge in [0, 0.05) is 0 Å². The van der Waals surface area contributed by atoms with Crippen molar-refractivity contribution in [3.05, 3.63) is 57.2 Å². The summed E-state index contributed by atoms with van der Waals surface area (Å²) >= 11 is 2.23. The van der Waals surface area contributed by atoms with Crippen LogP contribution in [0.15, 0.2) is 42.5 Å². The SMILES string of the molecule is COc1ccc(COc2ccccc2I)cc1C#N. The van der Waals surface area contributed by atoms with E-state index in [1.54, 1.807) is 19.2 Å². The number of rotatable bonds is 4. The van der Waals surface area contributed by atoms with E-state index in [0.717, 1.165) is 14.9 Å². The van der Waals surface area contributed by atoms with Crippen molar-refractivity contribution in [2.75, 3.05) is 7.11 Å². The summed E-state index contributed by atoms with van der Waals surface area (Å²) in [6.07, 6.45) is 0. The number of halogens is 1. The maximum absolute atomic E-state index is 9.03. The molecule has 0 aromatic heterocycles. The Bertz CT molecular complexity index is 620. The summed E-state index contributed by atoms with van der Waals surface area (Å²) in [5.41, 5.74) is 1.46. The van der Waals surface area contributed by atoms with E-state index in [2.05, 4.69) is 28.7 Å². The van der Waals surface area contributed by atoms with Crippen molar-refractivity contribution in [2.24, 2.45) is 0 Å². The summed E-state index contributed by atoms with van der Waals surface area (Å²) in [6.45, 7) is 0.429. The van der Waals surface area contributed by atoms with E-state index in [9.17, 15) is 0 Å².